The van der Waals surface area contributed by atoms with E-state index in [1.807, 2.05) is 22.2 Å². The van der Waals surface area contributed by atoms with Crippen molar-refractivity contribution in [3.8, 4) is 0 Å². The van der Waals surface area contributed by atoms with E-state index < -0.39 is 0 Å². The molecule has 10 heteroatoms. The quantitative estimate of drug-likeness (QED) is 0.121. The molecule has 0 unspecified atom stereocenters. The minimum Gasteiger partial charge on any atom is -1.00 e. The third-order valence-corrected chi connectivity index (χ3v) is 8.87. The molecule has 0 aliphatic heterocycles. The first kappa shape index (κ1) is 31.3. The molecule has 0 amide bonds. The molecule has 0 aliphatic rings. The molecule has 0 atom stereocenters. The standard InChI is InChI=1S/C29H33N5OS2.2BrH/c1-23-28(36-21-32(23)17-25-9-5-3-6-10-25)13-15-34-19-27(30-31-34)20-35-16-14-29-24(2)33(22-37-29)18-26-11-7-4-8-12-26;;/h3-12,19,21-22H,13-18,20H2,1-2H3;2*1H/q+2;;/p-2. The Morgan fingerprint density at radius 3 is 1.87 bits per heavy atom. The van der Waals surface area contributed by atoms with E-state index in [1.54, 1.807) is 11.3 Å². The molecule has 0 aliphatic carbocycles. The fourth-order valence-corrected chi connectivity index (χ4v) is 6.29. The highest BCUT2D eigenvalue weighted by atomic mass is 79.9. The lowest BCUT2D eigenvalue weighted by atomic mass is 10.2. The SMILES string of the molecule is Cc1c(CCOCc2cn(CCc3sc[n+](Cc4ccccc4)c3C)nn2)sc[n+]1Cc1ccccc1.[Br-].[Br-]. The van der Waals surface area contributed by atoms with Gasteiger partial charge in [0.2, 0.25) is 11.0 Å². The molecule has 5 rings (SSSR count). The van der Waals surface area contributed by atoms with Gasteiger partial charge in [-0.1, -0.05) is 88.6 Å². The molecule has 3 heterocycles. The van der Waals surface area contributed by atoms with Crippen LogP contribution in [0.4, 0.5) is 0 Å². The fraction of sp³-hybridized carbons (Fsp3) is 0.310. The Labute approximate surface area is 259 Å². The van der Waals surface area contributed by atoms with Gasteiger partial charge in [0.15, 0.2) is 24.5 Å². The summed E-state index contributed by atoms with van der Waals surface area (Å²) in [5.41, 5.74) is 10.6. The van der Waals surface area contributed by atoms with Crippen LogP contribution in [-0.2, 0) is 43.8 Å². The molecule has 0 bridgehead atoms. The first-order chi connectivity index (χ1) is 18.2. The van der Waals surface area contributed by atoms with Gasteiger partial charge in [0.1, 0.15) is 5.69 Å². The third kappa shape index (κ3) is 8.62. The summed E-state index contributed by atoms with van der Waals surface area (Å²) in [7, 11) is 0. The van der Waals surface area contributed by atoms with Gasteiger partial charge in [-0.15, -0.1) is 5.10 Å². The minimum atomic E-state index is 0. The van der Waals surface area contributed by atoms with Crippen LogP contribution in [-0.4, -0.2) is 21.6 Å². The summed E-state index contributed by atoms with van der Waals surface area (Å²) < 4.78 is 12.5. The Hall–Kier alpha value is -2.24. The Balaban J connectivity index is 0.00000210. The maximum Gasteiger partial charge on any atom is 0.225 e. The highest BCUT2D eigenvalue weighted by Crippen LogP contribution is 2.15. The normalized spacial score (nSPS) is 10.7. The summed E-state index contributed by atoms with van der Waals surface area (Å²) in [5, 5.41) is 8.62. The topological polar surface area (TPSA) is 47.7 Å². The second-order valence-electron chi connectivity index (χ2n) is 9.22. The Morgan fingerprint density at radius 2 is 1.31 bits per heavy atom. The summed E-state index contributed by atoms with van der Waals surface area (Å²) in [6, 6.07) is 21.2. The zero-order valence-corrected chi connectivity index (χ0v) is 27.0. The lowest BCUT2D eigenvalue weighted by Crippen LogP contribution is -3.00. The second-order valence-corrected chi connectivity index (χ2v) is 11.1. The number of halogens is 2. The van der Waals surface area contributed by atoms with E-state index in [0.717, 1.165) is 38.2 Å². The predicted molar refractivity (Wildman–Crippen MR) is 147 cm³/mol. The number of thiazole rings is 2. The van der Waals surface area contributed by atoms with Crippen molar-refractivity contribution in [1.29, 1.82) is 0 Å². The zero-order valence-electron chi connectivity index (χ0n) is 22.2. The minimum absolute atomic E-state index is 0. The molecule has 0 saturated carbocycles. The van der Waals surface area contributed by atoms with Crippen molar-refractivity contribution in [2.24, 2.45) is 0 Å². The van der Waals surface area contributed by atoms with Crippen molar-refractivity contribution >= 4 is 22.7 Å². The maximum atomic E-state index is 5.94. The summed E-state index contributed by atoms with van der Waals surface area (Å²) in [5.74, 6) is 0. The summed E-state index contributed by atoms with van der Waals surface area (Å²) in [4.78, 5) is 2.76. The molecule has 0 fully saturated rings. The lowest BCUT2D eigenvalue weighted by molar-refractivity contribution is -0.689. The largest absolute Gasteiger partial charge is 1.00 e. The number of aryl methyl sites for hydroxylation is 2. The number of aromatic nitrogens is 5. The molecule has 0 saturated heterocycles. The number of nitrogens with zero attached hydrogens (tertiary/aromatic N) is 5. The Kier molecular flexibility index (Phi) is 12.5. The van der Waals surface area contributed by atoms with Crippen molar-refractivity contribution in [3.05, 3.63) is 116 Å². The van der Waals surface area contributed by atoms with E-state index in [9.17, 15) is 0 Å². The molecule has 5 aromatic rings. The van der Waals surface area contributed by atoms with Crippen molar-refractivity contribution in [1.82, 2.24) is 15.0 Å². The average Bonchev–Trinajstić information content (AvgIpc) is 3.62. The van der Waals surface area contributed by atoms with Crippen LogP contribution >= 0.6 is 22.7 Å². The van der Waals surface area contributed by atoms with Crippen LogP contribution in [0.25, 0.3) is 0 Å². The monoisotopic (exact) mass is 689 g/mol. The van der Waals surface area contributed by atoms with E-state index in [4.69, 9.17) is 4.74 Å². The Bertz CT molecular complexity index is 1420. The molecule has 2 aromatic carbocycles. The van der Waals surface area contributed by atoms with E-state index in [2.05, 4.69) is 105 Å². The van der Waals surface area contributed by atoms with Gasteiger partial charge in [-0.25, -0.2) is 0 Å². The molecular weight excluding hydrogens is 658 g/mol. The summed E-state index contributed by atoms with van der Waals surface area (Å²) in [6.07, 6.45) is 3.86. The highest BCUT2D eigenvalue weighted by Gasteiger charge is 2.17. The van der Waals surface area contributed by atoms with Gasteiger partial charge < -0.3 is 38.7 Å². The van der Waals surface area contributed by atoms with Crippen LogP contribution in [0, 0.1) is 13.8 Å². The number of hydrogen-bond donors (Lipinski definition) is 0. The molecule has 0 radical (unpaired) electrons. The average molecular weight is 692 g/mol. The zero-order chi connectivity index (χ0) is 25.5. The lowest BCUT2D eigenvalue weighted by Gasteiger charge is -2.01. The Morgan fingerprint density at radius 1 is 0.769 bits per heavy atom. The number of benzene rings is 2. The summed E-state index contributed by atoms with van der Waals surface area (Å²) in [6.45, 7) is 8.19. The van der Waals surface area contributed by atoms with Crippen molar-refractivity contribution in [2.75, 3.05) is 6.61 Å². The molecule has 39 heavy (non-hydrogen) atoms. The van der Waals surface area contributed by atoms with Crippen molar-refractivity contribution in [3.63, 3.8) is 0 Å². The van der Waals surface area contributed by atoms with Crippen molar-refractivity contribution < 1.29 is 47.8 Å². The van der Waals surface area contributed by atoms with Gasteiger partial charge in [-0.3, -0.25) is 4.68 Å². The first-order valence-corrected chi connectivity index (χ1v) is 14.4. The molecule has 6 nitrogen and oxygen atoms in total. The molecular formula is C29H33Br2N5OS2. The van der Waals surface area contributed by atoms with Gasteiger partial charge in [0.05, 0.1) is 29.2 Å². The number of rotatable bonds is 12. The molecule has 3 aromatic heterocycles. The molecule has 0 spiro atoms. The molecule has 206 valence electrons. The third-order valence-electron chi connectivity index (χ3n) is 6.58. The van der Waals surface area contributed by atoms with Gasteiger partial charge in [0, 0.05) is 44.4 Å². The predicted octanol–water partition coefficient (Wildman–Crippen LogP) is -1.30. The second kappa shape index (κ2) is 15.5. The van der Waals surface area contributed by atoms with Gasteiger partial charge in [-0.2, -0.15) is 9.13 Å². The van der Waals surface area contributed by atoms with E-state index in [0.29, 0.717) is 13.2 Å². The van der Waals surface area contributed by atoms with Gasteiger partial charge in [-0.05, 0) is 0 Å². The van der Waals surface area contributed by atoms with Crippen LogP contribution in [0.1, 0.15) is 38.0 Å². The fourth-order valence-electron chi connectivity index (χ4n) is 4.33. The van der Waals surface area contributed by atoms with Crippen molar-refractivity contribution in [2.45, 2.75) is 52.9 Å². The smallest absolute Gasteiger partial charge is 0.225 e. The van der Waals surface area contributed by atoms with Gasteiger partial charge in [0.25, 0.3) is 0 Å². The van der Waals surface area contributed by atoms with Crippen LogP contribution in [0.2, 0.25) is 0 Å². The highest BCUT2D eigenvalue weighted by molar-refractivity contribution is 7.09. The summed E-state index contributed by atoms with van der Waals surface area (Å²) >= 11 is 3.62. The van der Waals surface area contributed by atoms with E-state index in [-0.39, 0.29) is 34.0 Å². The number of hydrogen-bond acceptors (Lipinski definition) is 5. The number of ether oxygens (including phenoxy) is 1. The van der Waals surface area contributed by atoms with Crippen LogP contribution in [0.3, 0.4) is 0 Å². The van der Waals surface area contributed by atoms with E-state index in [1.165, 1.54) is 32.3 Å². The first-order valence-electron chi connectivity index (χ1n) is 12.6. The van der Waals surface area contributed by atoms with Gasteiger partial charge >= 0.3 is 0 Å². The molecule has 0 N–H and O–H groups in total. The maximum absolute atomic E-state index is 5.94. The van der Waals surface area contributed by atoms with Crippen LogP contribution in [0.5, 0.6) is 0 Å². The van der Waals surface area contributed by atoms with Crippen LogP contribution < -0.4 is 43.1 Å². The van der Waals surface area contributed by atoms with E-state index >= 15 is 0 Å². The van der Waals surface area contributed by atoms with Crippen LogP contribution in [0.15, 0.2) is 77.9 Å².